The summed E-state index contributed by atoms with van der Waals surface area (Å²) in [5, 5.41) is 3.69. The summed E-state index contributed by atoms with van der Waals surface area (Å²) in [7, 11) is 0. The monoisotopic (exact) mass is 289 g/mol. The Labute approximate surface area is 99.8 Å². The topological polar surface area (TPSA) is 25.2 Å². The molecular formula is C11H10BrF2NO. The molecule has 0 unspecified atom stereocenters. The molecule has 0 aliphatic rings. The van der Waals surface area contributed by atoms with Crippen LogP contribution in [0.15, 0.2) is 21.2 Å². The maximum atomic E-state index is 13.4. The van der Waals surface area contributed by atoms with Crippen LogP contribution in [-0.2, 0) is 6.54 Å². The minimum Gasteiger partial charge on any atom is -0.461 e. The summed E-state index contributed by atoms with van der Waals surface area (Å²) in [6.45, 7) is 3.33. The van der Waals surface area contributed by atoms with Crippen LogP contribution < -0.4 is 5.32 Å². The Morgan fingerprint density at radius 1 is 1.44 bits per heavy atom. The lowest BCUT2D eigenvalue weighted by Crippen LogP contribution is -2.11. The molecule has 0 aliphatic carbocycles. The molecule has 0 aliphatic heterocycles. The van der Waals surface area contributed by atoms with Crippen molar-refractivity contribution in [1.29, 1.82) is 0 Å². The number of furan rings is 1. The summed E-state index contributed by atoms with van der Waals surface area (Å²) in [5.74, 6) is -1.86. The van der Waals surface area contributed by atoms with Crippen LogP contribution in [-0.4, -0.2) is 6.54 Å². The van der Waals surface area contributed by atoms with Gasteiger partial charge >= 0.3 is 0 Å². The van der Waals surface area contributed by atoms with Gasteiger partial charge in [0.1, 0.15) is 0 Å². The van der Waals surface area contributed by atoms with Gasteiger partial charge in [-0.05, 0) is 28.5 Å². The fourth-order valence-corrected chi connectivity index (χ4v) is 2.20. The zero-order valence-electron chi connectivity index (χ0n) is 8.61. The minimum absolute atomic E-state index is 0.0419. The second-order valence-corrected chi connectivity index (χ2v) is 4.25. The Balaban J connectivity index is 2.58. The molecule has 1 heterocycles. The van der Waals surface area contributed by atoms with Crippen LogP contribution in [0.1, 0.15) is 12.5 Å². The molecule has 0 saturated heterocycles. The zero-order chi connectivity index (χ0) is 11.7. The summed E-state index contributed by atoms with van der Waals surface area (Å²) in [5.41, 5.74) is 0.766. The van der Waals surface area contributed by atoms with Gasteiger partial charge in [0.2, 0.25) is 5.82 Å². The van der Waals surface area contributed by atoms with E-state index >= 15 is 0 Å². The van der Waals surface area contributed by atoms with Gasteiger partial charge in [-0.25, -0.2) is 4.39 Å². The van der Waals surface area contributed by atoms with Gasteiger partial charge in [-0.15, -0.1) is 0 Å². The Morgan fingerprint density at radius 2 is 2.19 bits per heavy atom. The van der Waals surface area contributed by atoms with Crippen molar-refractivity contribution in [3.05, 3.63) is 34.0 Å². The van der Waals surface area contributed by atoms with E-state index in [0.717, 1.165) is 18.2 Å². The Hall–Kier alpha value is -0.940. The smallest absolute Gasteiger partial charge is 0.201 e. The van der Waals surface area contributed by atoms with Gasteiger partial charge < -0.3 is 9.73 Å². The average molecular weight is 290 g/mol. The van der Waals surface area contributed by atoms with Gasteiger partial charge in [0.05, 0.1) is 6.26 Å². The van der Waals surface area contributed by atoms with Crippen molar-refractivity contribution >= 4 is 26.9 Å². The summed E-state index contributed by atoms with van der Waals surface area (Å²) in [4.78, 5) is 0. The SMILES string of the molecule is CCNCc1coc2c(F)c(F)cc(Br)c12. The molecular weight excluding hydrogens is 280 g/mol. The second kappa shape index (κ2) is 4.51. The Morgan fingerprint density at radius 3 is 2.88 bits per heavy atom. The highest BCUT2D eigenvalue weighted by molar-refractivity contribution is 9.10. The minimum atomic E-state index is -0.944. The molecule has 2 rings (SSSR count). The molecule has 0 radical (unpaired) electrons. The highest BCUT2D eigenvalue weighted by atomic mass is 79.9. The van der Waals surface area contributed by atoms with E-state index in [-0.39, 0.29) is 5.58 Å². The quantitative estimate of drug-likeness (QED) is 0.874. The highest BCUT2D eigenvalue weighted by Crippen LogP contribution is 2.32. The summed E-state index contributed by atoms with van der Waals surface area (Å²) >= 11 is 3.21. The molecule has 5 heteroatoms. The third-order valence-corrected chi connectivity index (χ3v) is 2.96. The maximum absolute atomic E-state index is 13.4. The lowest BCUT2D eigenvalue weighted by molar-refractivity contribution is 0.490. The molecule has 0 saturated carbocycles. The van der Waals surface area contributed by atoms with Crippen molar-refractivity contribution in [3.63, 3.8) is 0 Å². The van der Waals surface area contributed by atoms with Crippen molar-refractivity contribution in [2.45, 2.75) is 13.5 Å². The molecule has 0 fully saturated rings. The normalized spacial score (nSPS) is 11.2. The van der Waals surface area contributed by atoms with Crippen LogP contribution in [0.2, 0.25) is 0 Å². The molecule has 86 valence electrons. The van der Waals surface area contributed by atoms with Crippen molar-refractivity contribution < 1.29 is 13.2 Å². The Kier molecular flexibility index (Phi) is 3.25. The van der Waals surface area contributed by atoms with Gasteiger partial charge in [0.25, 0.3) is 0 Å². The van der Waals surface area contributed by atoms with Crippen molar-refractivity contribution in [1.82, 2.24) is 5.32 Å². The molecule has 0 bridgehead atoms. The number of hydrogen-bond donors (Lipinski definition) is 1. The van der Waals surface area contributed by atoms with Crippen LogP contribution in [0.3, 0.4) is 0 Å². The molecule has 0 spiro atoms. The molecule has 16 heavy (non-hydrogen) atoms. The lowest BCUT2D eigenvalue weighted by atomic mass is 10.1. The van der Waals surface area contributed by atoms with E-state index < -0.39 is 11.6 Å². The zero-order valence-corrected chi connectivity index (χ0v) is 10.2. The van der Waals surface area contributed by atoms with Crippen LogP contribution in [0, 0.1) is 11.6 Å². The third kappa shape index (κ3) is 1.85. The first-order chi connectivity index (χ1) is 7.65. The van der Waals surface area contributed by atoms with E-state index in [0.29, 0.717) is 16.4 Å². The van der Waals surface area contributed by atoms with E-state index in [4.69, 9.17) is 4.42 Å². The number of rotatable bonds is 3. The summed E-state index contributed by atoms with van der Waals surface area (Å²) in [6.07, 6.45) is 1.45. The van der Waals surface area contributed by atoms with Gasteiger partial charge in [-0.1, -0.05) is 6.92 Å². The molecule has 0 amide bonds. The first-order valence-corrected chi connectivity index (χ1v) is 5.68. The molecule has 0 atom stereocenters. The standard InChI is InChI=1S/C11H10BrF2NO/c1-2-15-4-6-5-16-11-9(6)7(12)3-8(13)10(11)14/h3,5,15H,2,4H2,1H3. The van der Waals surface area contributed by atoms with Gasteiger partial charge in [-0.2, -0.15) is 4.39 Å². The average Bonchev–Trinajstić information content (AvgIpc) is 2.67. The van der Waals surface area contributed by atoms with Crippen molar-refractivity contribution in [2.75, 3.05) is 6.54 Å². The van der Waals surface area contributed by atoms with Gasteiger partial charge in [-0.3, -0.25) is 0 Å². The highest BCUT2D eigenvalue weighted by Gasteiger charge is 2.17. The largest absolute Gasteiger partial charge is 0.461 e. The third-order valence-electron chi connectivity index (χ3n) is 2.33. The number of nitrogens with one attached hydrogen (secondary N) is 1. The number of hydrogen-bond acceptors (Lipinski definition) is 2. The van der Waals surface area contributed by atoms with E-state index in [1.807, 2.05) is 6.92 Å². The second-order valence-electron chi connectivity index (χ2n) is 3.40. The lowest BCUT2D eigenvalue weighted by Gasteiger charge is -2.01. The number of fused-ring (bicyclic) bond motifs is 1. The molecule has 1 N–H and O–H groups in total. The first-order valence-electron chi connectivity index (χ1n) is 4.89. The fourth-order valence-electron chi connectivity index (χ4n) is 1.56. The number of halogens is 3. The van der Waals surface area contributed by atoms with Crippen molar-refractivity contribution in [3.8, 4) is 0 Å². The predicted octanol–water partition coefficient (Wildman–Crippen LogP) is 3.58. The van der Waals surface area contributed by atoms with E-state index in [2.05, 4.69) is 21.2 Å². The fraction of sp³-hybridized carbons (Fsp3) is 0.273. The molecule has 1 aromatic carbocycles. The Bertz CT molecular complexity index is 524. The van der Waals surface area contributed by atoms with Crippen LogP contribution in [0.4, 0.5) is 8.78 Å². The predicted molar refractivity (Wildman–Crippen MR) is 61.2 cm³/mol. The first kappa shape index (κ1) is 11.5. The van der Waals surface area contributed by atoms with Gasteiger partial charge in [0, 0.05) is 22.0 Å². The molecule has 2 aromatic rings. The van der Waals surface area contributed by atoms with Crippen molar-refractivity contribution in [2.24, 2.45) is 0 Å². The van der Waals surface area contributed by atoms with Crippen LogP contribution in [0.25, 0.3) is 11.0 Å². The molecule has 2 nitrogen and oxygen atoms in total. The van der Waals surface area contributed by atoms with E-state index in [9.17, 15) is 8.78 Å². The summed E-state index contributed by atoms with van der Waals surface area (Å²) in [6, 6.07) is 1.11. The van der Waals surface area contributed by atoms with E-state index in [1.165, 1.54) is 6.26 Å². The summed E-state index contributed by atoms with van der Waals surface area (Å²) < 4.78 is 32.1. The van der Waals surface area contributed by atoms with Crippen LogP contribution in [0.5, 0.6) is 0 Å². The van der Waals surface area contributed by atoms with Crippen LogP contribution >= 0.6 is 15.9 Å². The molecule has 1 aromatic heterocycles. The van der Waals surface area contributed by atoms with Gasteiger partial charge in [0.15, 0.2) is 11.4 Å². The maximum Gasteiger partial charge on any atom is 0.201 e. The van der Waals surface area contributed by atoms with E-state index in [1.54, 1.807) is 0 Å². The number of benzene rings is 1.